The van der Waals surface area contributed by atoms with Crippen LogP contribution in [0.2, 0.25) is 0 Å². The van der Waals surface area contributed by atoms with Gasteiger partial charge in [0.2, 0.25) is 0 Å². The smallest absolute Gasteiger partial charge is 0.339 e. The third-order valence-corrected chi connectivity index (χ3v) is 4.83. The van der Waals surface area contributed by atoms with Crippen molar-refractivity contribution in [1.82, 2.24) is 0 Å². The zero-order valence-corrected chi connectivity index (χ0v) is 17.1. The van der Waals surface area contributed by atoms with Crippen LogP contribution in [0.1, 0.15) is 65.8 Å². The maximum atomic E-state index is 14.1. The standard InChI is InChI=1S/C18H20FNO3S.C2H6/c1-9-6-7-12(11(19)8-9)20-16-13(17(22)23)10(2)14(24-16)15(21)18(3,4)5;1-2/h6-8,20H,1-5H3,(H,22,23);1-2H3. The number of carboxylic acids is 1. The van der Waals surface area contributed by atoms with E-state index in [1.807, 2.05) is 13.8 Å². The molecular weight excluding hydrogens is 353 g/mol. The van der Waals surface area contributed by atoms with Gasteiger partial charge in [-0.05, 0) is 37.1 Å². The van der Waals surface area contributed by atoms with E-state index < -0.39 is 17.2 Å². The van der Waals surface area contributed by atoms with Crippen molar-refractivity contribution in [2.24, 2.45) is 5.41 Å². The molecule has 142 valence electrons. The molecule has 0 aliphatic rings. The summed E-state index contributed by atoms with van der Waals surface area (Å²) in [4.78, 5) is 24.6. The molecule has 0 radical (unpaired) electrons. The van der Waals surface area contributed by atoms with Crippen molar-refractivity contribution in [3.05, 3.63) is 45.6 Å². The first-order valence-corrected chi connectivity index (χ1v) is 9.28. The van der Waals surface area contributed by atoms with Crippen LogP contribution in [0.25, 0.3) is 0 Å². The Morgan fingerprint density at radius 1 is 1.15 bits per heavy atom. The Labute approximate surface area is 158 Å². The quantitative estimate of drug-likeness (QED) is 0.621. The third kappa shape index (κ3) is 4.69. The van der Waals surface area contributed by atoms with E-state index in [0.29, 0.717) is 10.4 Å². The SMILES string of the molecule is CC.Cc1ccc(Nc2sc(C(=O)C(C)(C)C)c(C)c2C(=O)O)c(F)c1. The van der Waals surface area contributed by atoms with Crippen LogP contribution in [-0.2, 0) is 0 Å². The Balaban J connectivity index is 0.00000163. The molecule has 0 aliphatic carbocycles. The van der Waals surface area contributed by atoms with Crippen LogP contribution in [0.15, 0.2) is 18.2 Å². The predicted molar refractivity (Wildman–Crippen MR) is 106 cm³/mol. The van der Waals surface area contributed by atoms with Crippen molar-refractivity contribution >= 4 is 33.8 Å². The van der Waals surface area contributed by atoms with Gasteiger partial charge in [-0.1, -0.05) is 40.7 Å². The number of thiophene rings is 1. The average Bonchev–Trinajstić information content (AvgIpc) is 2.86. The van der Waals surface area contributed by atoms with Crippen LogP contribution in [0.5, 0.6) is 0 Å². The van der Waals surface area contributed by atoms with Crippen LogP contribution < -0.4 is 5.32 Å². The van der Waals surface area contributed by atoms with Gasteiger partial charge in [0.1, 0.15) is 10.8 Å². The molecule has 2 N–H and O–H groups in total. The van der Waals surface area contributed by atoms with Gasteiger partial charge in [0.05, 0.1) is 16.1 Å². The first-order chi connectivity index (χ1) is 12.0. The molecule has 0 atom stereocenters. The van der Waals surface area contributed by atoms with Crippen molar-refractivity contribution in [2.45, 2.75) is 48.5 Å². The van der Waals surface area contributed by atoms with Crippen LogP contribution in [-0.4, -0.2) is 16.9 Å². The van der Waals surface area contributed by atoms with Gasteiger partial charge in [-0.3, -0.25) is 4.79 Å². The van der Waals surface area contributed by atoms with Crippen molar-refractivity contribution < 1.29 is 19.1 Å². The van der Waals surface area contributed by atoms with Crippen LogP contribution >= 0.6 is 11.3 Å². The second kappa shape index (κ2) is 8.45. The Bertz CT molecular complexity index is 819. The van der Waals surface area contributed by atoms with E-state index in [9.17, 15) is 19.1 Å². The average molecular weight is 379 g/mol. The maximum Gasteiger partial charge on any atom is 0.339 e. The first-order valence-electron chi connectivity index (χ1n) is 8.47. The fourth-order valence-electron chi connectivity index (χ4n) is 2.26. The lowest BCUT2D eigenvalue weighted by Crippen LogP contribution is -2.20. The second-order valence-electron chi connectivity index (χ2n) is 6.75. The predicted octanol–water partition coefficient (Wildman–Crippen LogP) is 6.20. The summed E-state index contributed by atoms with van der Waals surface area (Å²) in [7, 11) is 0. The van der Waals surface area contributed by atoms with Gasteiger partial charge in [-0.2, -0.15) is 0 Å². The Morgan fingerprint density at radius 2 is 1.73 bits per heavy atom. The molecular formula is C20H26FNO3S. The summed E-state index contributed by atoms with van der Waals surface area (Å²) < 4.78 is 14.1. The maximum absolute atomic E-state index is 14.1. The summed E-state index contributed by atoms with van der Waals surface area (Å²) in [6.07, 6.45) is 0. The number of aryl methyl sites for hydroxylation is 1. The molecule has 0 bridgehead atoms. The number of rotatable bonds is 4. The van der Waals surface area contributed by atoms with Crippen molar-refractivity contribution in [3.63, 3.8) is 0 Å². The number of hydrogen-bond donors (Lipinski definition) is 2. The zero-order valence-electron chi connectivity index (χ0n) is 16.3. The van der Waals surface area contributed by atoms with Gasteiger partial charge in [-0.25, -0.2) is 9.18 Å². The van der Waals surface area contributed by atoms with E-state index in [1.54, 1.807) is 46.8 Å². The largest absolute Gasteiger partial charge is 0.478 e. The molecule has 4 nitrogen and oxygen atoms in total. The van der Waals surface area contributed by atoms with Crippen LogP contribution in [0.3, 0.4) is 0 Å². The number of ketones is 1. The molecule has 0 fully saturated rings. The van der Waals surface area contributed by atoms with Gasteiger partial charge < -0.3 is 10.4 Å². The molecule has 0 unspecified atom stereocenters. The monoisotopic (exact) mass is 379 g/mol. The number of carbonyl (C=O) groups is 2. The van der Waals surface area contributed by atoms with Crippen molar-refractivity contribution in [3.8, 4) is 0 Å². The fraction of sp³-hybridized carbons (Fsp3) is 0.400. The Hall–Kier alpha value is -2.21. The van der Waals surface area contributed by atoms with Crippen LogP contribution in [0, 0.1) is 25.1 Å². The third-order valence-electron chi connectivity index (χ3n) is 3.62. The second-order valence-corrected chi connectivity index (χ2v) is 7.77. The molecule has 1 heterocycles. The molecule has 1 aromatic carbocycles. The number of nitrogens with one attached hydrogen (secondary N) is 1. The normalized spacial score (nSPS) is 10.8. The summed E-state index contributed by atoms with van der Waals surface area (Å²) in [6, 6.07) is 4.65. The van der Waals surface area contributed by atoms with E-state index in [2.05, 4.69) is 5.32 Å². The molecule has 0 saturated carbocycles. The molecule has 0 aliphatic heterocycles. The Morgan fingerprint density at radius 3 is 2.19 bits per heavy atom. The van der Waals surface area contributed by atoms with E-state index in [1.165, 1.54) is 6.07 Å². The highest BCUT2D eigenvalue weighted by Gasteiger charge is 2.30. The van der Waals surface area contributed by atoms with E-state index in [0.717, 1.165) is 16.9 Å². The molecule has 0 amide bonds. The van der Waals surface area contributed by atoms with Gasteiger partial charge in [0.15, 0.2) is 5.78 Å². The number of benzene rings is 1. The minimum atomic E-state index is -1.15. The molecule has 2 rings (SSSR count). The molecule has 0 saturated heterocycles. The van der Waals surface area contributed by atoms with E-state index in [-0.39, 0.29) is 22.0 Å². The van der Waals surface area contributed by atoms with Gasteiger partial charge in [-0.15, -0.1) is 11.3 Å². The number of aromatic carboxylic acids is 1. The van der Waals surface area contributed by atoms with E-state index in [4.69, 9.17) is 0 Å². The summed E-state index contributed by atoms with van der Waals surface area (Å²) in [5.41, 5.74) is 0.731. The lowest BCUT2D eigenvalue weighted by molar-refractivity contribution is 0.0697. The summed E-state index contributed by atoms with van der Waals surface area (Å²) in [5, 5.41) is 12.6. The number of carbonyl (C=O) groups excluding carboxylic acids is 1. The lowest BCUT2D eigenvalue weighted by atomic mass is 9.88. The highest BCUT2D eigenvalue weighted by Crippen LogP contribution is 2.38. The lowest BCUT2D eigenvalue weighted by Gasteiger charge is -2.15. The number of halogens is 1. The van der Waals surface area contributed by atoms with Gasteiger partial charge >= 0.3 is 5.97 Å². The van der Waals surface area contributed by atoms with Crippen molar-refractivity contribution in [2.75, 3.05) is 5.32 Å². The number of anilines is 2. The molecule has 26 heavy (non-hydrogen) atoms. The fourth-order valence-corrected chi connectivity index (χ4v) is 3.62. The number of hydrogen-bond acceptors (Lipinski definition) is 4. The van der Waals surface area contributed by atoms with Gasteiger partial charge in [0, 0.05) is 5.41 Å². The molecule has 6 heteroatoms. The van der Waals surface area contributed by atoms with Crippen LogP contribution in [0.4, 0.5) is 15.1 Å². The summed E-state index contributed by atoms with van der Waals surface area (Å²) >= 11 is 1.05. The minimum absolute atomic E-state index is 0.00701. The topological polar surface area (TPSA) is 66.4 Å². The highest BCUT2D eigenvalue weighted by molar-refractivity contribution is 7.18. The minimum Gasteiger partial charge on any atom is -0.478 e. The van der Waals surface area contributed by atoms with E-state index >= 15 is 0 Å². The molecule has 0 spiro atoms. The molecule has 1 aromatic heterocycles. The first kappa shape index (κ1) is 21.8. The van der Waals surface area contributed by atoms with Gasteiger partial charge in [0.25, 0.3) is 0 Å². The molecule has 2 aromatic rings. The highest BCUT2D eigenvalue weighted by atomic mass is 32.1. The number of carboxylic acid groups (broad SMARTS) is 1. The number of Topliss-reactive ketones (excluding diaryl/α,β-unsaturated/α-hetero) is 1. The summed E-state index contributed by atoms with van der Waals surface area (Å²) in [5.74, 6) is -1.75. The summed E-state index contributed by atoms with van der Waals surface area (Å²) in [6.45, 7) is 12.7. The zero-order chi connectivity index (χ0) is 20.2. The Kier molecular flexibility index (Phi) is 7.09. The van der Waals surface area contributed by atoms with Crippen molar-refractivity contribution in [1.29, 1.82) is 0 Å².